The number of hydrogen-bond donors (Lipinski definition) is 21. The minimum absolute atomic E-state index is 0.0279. The molecule has 14 amide bonds. The first-order chi connectivity index (χ1) is 57.0. The van der Waals surface area contributed by atoms with Crippen molar-refractivity contribution in [1.29, 1.82) is 0 Å². The smallest absolute Gasteiger partial charge is 0.326 e. The Morgan fingerprint density at radius 2 is 0.983 bits per heavy atom. The van der Waals surface area contributed by atoms with E-state index in [2.05, 4.69) is 84.1 Å². The number of aromatic amines is 1. The maximum atomic E-state index is 14.7. The van der Waals surface area contributed by atoms with Crippen molar-refractivity contribution in [3.8, 4) is 0 Å². The number of amides is 14. The number of benzene rings is 1. The lowest BCUT2D eigenvalue weighted by Crippen LogP contribution is -2.61. The maximum Gasteiger partial charge on any atom is 0.326 e. The summed E-state index contributed by atoms with van der Waals surface area (Å²) in [4.78, 5) is 258. The fraction of sp³-hybridized carbons (Fsp3) is 0.641. The van der Waals surface area contributed by atoms with E-state index < -0.39 is 248 Å². The third kappa shape index (κ3) is 37.8. The highest BCUT2D eigenvalue weighted by molar-refractivity contribution is 7.98. The number of hydrogen-bond acceptors (Lipinski definition) is 22. The number of nitrogens with one attached hydrogen (secondary N) is 14. The summed E-state index contributed by atoms with van der Waals surface area (Å²) >= 11 is 1.22. The molecule has 2 aromatic rings. The van der Waals surface area contributed by atoms with E-state index in [0.29, 0.717) is 11.3 Å². The monoisotopic (exact) mass is 1720 g/mol. The predicted molar refractivity (Wildman–Crippen MR) is 442 cm³/mol. The highest BCUT2D eigenvalue weighted by Gasteiger charge is 2.43. The molecule has 121 heavy (non-hydrogen) atoms. The third-order valence-electron chi connectivity index (χ3n) is 19.9. The van der Waals surface area contributed by atoms with Crippen LogP contribution in [0.4, 0.5) is 0 Å². The van der Waals surface area contributed by atoms with E-state index in [9.17, 15) is 107 Å². The Morgan fingerprint density at radius 1 is 0.529 bits per heavy atom. The van der Waals surface area contributed by atoms with E-state index >= 15 is 0 Å². The number of rotatable bonds is 56. The zero-order chi connectivity index (χ0) is 90.9. The highest BCUT2D eigenvalue weighted by atomic mass is 32.2. The number of aromatic nitrogens is 2. The van der Waals surface area contributed by atoms with Crippen molar-refractivity contribution in [2.45, 2.75) is 251 Å². The van der Waals surface area contributed by atoms with Crippen LogP contribution in [0.15, 0.2) is 47.8 Å². The van der Waals surface area contributed by atoms with Gasteiger partial charge in [0.2, 0.25) is 82.7 Å². The fourth-order valence-electron chi connectivity index (χ4n) is 12.7. The Balaban J connectivity index is 1.94. The van der Waals surface area contributed by atoms with Gasteiger partial charge in [-0.05, 0) is 105 Å². The van der Waals surface area contributed by atoms with Crippen LogP contribution in [0.25, 0.3) is 0 Å². The minimum Gasteiger partial charge on any atom is -0.481 e. The van der Waals surface area contributed by atoms with Crippen molar-refractivity contribution >= 4 is 124 Å². The number of carboxylic acid groups (broad SMARTS) is 4. The Morgan fingerprint density at radius 3 is 1.46 bits per heavy atom. The quantitative estimate of drug-likeness (QED) is 0.0178. The van der Waals surface area contributed by atoms with Crippen LogP contribution in [0.5, 0.6) is 0 Å². The van der Waals surface area contributed by atoms with E-state index in [0.717, 1.165) is 4.90 Å². The summed E-state index contributed by atoms with van der Waals surface area (Å²) in [6.45, 7) is 15.3. The molecule has 674 valence electrons. The number of aliphatic carboxylic acids is 4. The number of guanidine groups is 1. The molecule has 3 rings (SSSR count). The molecule has 1 aliphatic rings. The molecule has 1 aliphatic heterocycles. The molecular weight excluding hydrogens is 1600 g/mol. The molecule has 0 aliphatic carbocycles. The lowest BCUT2D eigenvalue weighted by molar-refractivity contribution is -0.146. The van der Waals surface area contributed by atoms with Gasteiger partial charge in [-0.15, -0.1) is 0 Å². The van der Waals surface area contributed by atoms with Crippen LogP contribution in [-0.4, -0.2) is 265 Å². The van der Waals surface area contributed by atoms with Crippen LogP contribution in [0, 0.1) is 29.6 Å². The van der Waals surface area contributed by atoms with Crippen LogP contribution < -0.4 is 86.3 Å². The van der Waals surface area contributed by atoms with Gasteiger partial charge in [-0.25, -0.2) is 9.78 Å². The first kappa shape index (κ1) is 104. The summed E-state index contributed by atoms with van der Waals surface area (Å²) in [5.41, 5.74) is 18.1. The van der Waals surface area contributed by atoms with Gasteiger partial charge in [0.15, 0.2) is 5.96 Å². The lowest BCUT2D eigenvalue weighted by Gasteiger charge is -2.31. The van der Waals surface area contributed by atoms with E-state index in [1.807, 2.05) is 0 Å². The number of thioether (sulfide) groups is 1. The van der Waals surface area contributed by atoms with Crippen LogP contribution in [0.2, 0.25) is 0 Å². The number of likely N-dealkylation sites (tertiary alicyclic amines) is 1. The highest BCUT2D eigenvalue weighted by Crippen LogP contribution is 2.22. The Hall–Kier alpha value is -11.5. The van der Waals surface area contributed by atoms with Gasteiger partial charge >= 0.3 is 23.9 Å². The van der Waals surface area contributed by atoms with Crippen LogP contribution in [0.3, 0.4) is 0 Å². The Bertz CT molecular complexity index is 3870. The second-order valence-corrected chi connectivity index (χ2v) is 32.1. The van der Waals surface area contributed by atoms with Crippen LogP contribution >= 0.6 is 11.8 Å². The van der Waals surface area contributed by atoms with E-state index in [1.54, 1.807) is 106 Å². The van der Waals surface area contributed by atoms with E-state index in [1.165, 1.54) is 24.3 Å². The first-order valence-corrected chi connectivity index (χ1v) is 41.8. The van der Waals surface area contributed by atoms with E-state index in [4.69, 9.17) is 17.2 Å². The topological polar surface area (TPSA) is 667 Å². The molecule has 1 saturated heterocycles. The molecular formula is C78H124N20O22S. The van der Waals surface area contributed by atoms with Gasteiger partial charge in [0.25, 0.3) is 0 Å². The van der Waals surface area contributed by atoms with Crippen molar-refractivity contribution in [3.63, 3.8) is 0 Å². The molecule has 15 atom stereocenters. The van der Waals surface area contributed by atoms with Gasteiger partial charge in [0.1, 0.15) is 72.5 Å². The number of H-pyrrole nitrogens is 1. The average Bonchev–Trinajstić information content (AvgIpc) is 1.73. The average molecular weight is 1730 g/mol. The van der Waals surface area contributed by atoms with E-state index in [-0.39, 0.29) is 107 Å². The largest absolute Gasteiger partial charge is 0.481 e. The van der Waals surface area contributed by atoms with Gasteiger partial charge < -0.3 is 117 Å². The molecule has 0 saturated carbocycles. The molecule has 1 aromatic heterocycles. The summed E-state index contributed by atoms with van der Waals surface area (Å²) < 4.78 is 0. The maximum absolute atomic E-state index is 14.7. The summed E-state index contributed by atoms with van der Waals surface area (Å²) in [7, 11) is 0. The molecule has 24 N–H and O–H groups in total. The van der Waals surface area contributed by atoms with Gasteiger partial charge in [0, 0.05) is 50.7 Å². The summed E-state index contributed by atoms with van der Waals surface area (Å²) in [6.07, 6.45) is 0.309. The molecule has 0 unspecified atom stereocenters. The minimum atomic E-state index is -1.96. The van der Waals surface area contributed by atoms with Crippen molar-refractivity contribution in [3.05, 3.63) is 54.1 Å². The molecule has 42 nitrogen and oxygen atoms in total. The molecule has 2 heterocycles. The van der Waals surface area contributed by atoms with Crippen molar-refractivity contribution in [2.24, 2.45) is 51.8 Å². The molecule has 1 fully saturated rings. The fourth-order valence-corrected chi connectivity index (χ4v) is 13.1. The van der Waals surface area contributed by atoms with Gasteiger partial charge in [-0.1, -0.05) is 112 Å². The van der Waals surface area contributed by atoms with Crippen molar-refractivity contribution in [1.82, 2.24) is 84.0 Å². The number of nitrogens with zero attached hydrogens (tertiary/aromatic N) is 3. The Labute approximate surface area is 706 Å². The molecule has 0 radical (unpaired) electrons. The number of imidazole rings is 1. The zero-order valence-electron chi connectivity index (χ0n) is 70.4. The second-order valence-electron chi connectivity index (χ2n) is 31.1. The van der Waals surface area contributed by atoms with Crippen LogP contribution in [0.1, 0.15) is 170 Å². The summed E-state index contributed by atoms with van der Waals surface area (Å²) in [5, 5.41) is 72.5. The third-order valence-corrected chi connectivity index (χ3v) is 20.5. The number of carbonyl (C=O) groups excluding carboxylic acids is 14. The molecule has 0 spiro atoms. The molecule has 0 bridgehead atoms. The standard InChI is InChI=1S/C78H124N20O22S/c1-12-43(9)63(74(116)85-38-58(100)88-53(34-46-36-82-39-86-46)70(112)95-55(77(119)120)32-41(5)6)97-72(114)56-22-18-29-98(56)76(118)54(35-61(105)106)94-65(107)47(21-17-28-83-78(80)81)89-66(108)48(23-25-59(101)102)90-68(110)50(27-30-121-11)91-69(111)51(31-40(3)4)93-67(109)49(24-26-60(103)104)92-75(117)64(44(10)13-2)96-71(113)52(33-45-19-15-14-16-20-45)87-57(99)37-84-73(115)62(79)42(7)8/h14-16,19-20,36,39-44,47-56,62-64H,12-13,17-18,21-35,37-38,79H2,1-11H3,(H,82,86)(H,84,115)(H,85,116)(H,87,99)(H,88,100)(H,89,108)(H,90,110)(H,91,111)(H,92,117)(H,93,109)(H,94,107)(H,95,112)(H,96,113)(H,97,114)(H,101,102)(H,103,104)(H,105,106)(H,119,120)(H4,80,81,83)/t43-,44-,47-,48-,49-,50-,51-,52-,53-,54-,55-,56-,62-,63-,64-/m0/s1. The lowest BCUT2D eigenvalue weighted by atomic mass is 9.96. The zero-order valence-corrected chi connectivity index (χ0v) is 71.2. The summed E-state index contributed by atoms with van der Waals surface area (Å²) in [5.74, 6) is -21.3. The summed E-state index contributed by atoms with van der Waals surface area (Å²) in [6, 6.07) is -10.9. The van der Waals surface area contributed by atoms with Crippen LogP contribution in [-0.2, 0) is 99.1 Å². The van der Waals surface area contributed by atoms with Gasteiger partial charge in [-0.3, -0.25) is 86.5 Å². The van der Waals surface area contributed by atoms with Gasteiger partial charge in [-0.2, -0.15) is 11.8 Å². The molecule has 1 aromatic carbocycles. The van der Waals surface area contributed by atoms with Gasteiger partial charge in [0.05, 0.1) is 31.9 Å². The second kappa shape index (κ2) is 53.2. The predicted octanol–water partition coefficient (Wildman–Crippen LogP) is -2.99. The number of nitrogens with two attached hydrogens (primary N) is 3. The normalized spacial score (nSPS) is 15.9. The number of aliphatic imine (C=N–C) groups is 1. The molecule has 43 heteroatoms. The van der Waals surface area contributed by atoms with Crippen molar-refractivity contribution < 1.29 is 107 Å². The number of carboxylic acids is 4. The number of carbonyl (C=O) groups is 18. The Kier molecular flexibility index (Phi) is 45.6. The van der Waals surface area contributed by atoms with Crippen molar-refractivity contribution in [2.75, 3.05) is 38.2 Å². The first-order valence-electron chi connectivity index (χ1n) is 40.4. The SMILES string of the molecule is CC[C@H](C)[C@H](NC(=O)[C@H](Cc1ccccc1)NC(=O)CNC(=O)[C@@H](N)C(C)C)C(=O)N[C@@H](CCC(=O)O)C(=O)N[C@@H](CC(C)C)C(=O)N[C@@H](CCSC)C(=O)N[C@@H](CCC(=O)O)C(=O)N[C@@H](CCCN=C(N)N)C(=O)N[C@@H](CC(=O)O)C(=O)N1CCC[C@H]1C(=O)N[C@H](C(=O)NCC(=O)N[C@@H](Cc1cnc[nH]1)C(=O)N[C@@H](CC(C)C)C(=O)O)[C@@H](C)CC.